The molecule has 18 heavy (non-hydrogen) atoms. The molecule has 0 aliphatic carbocycles. The van der Waals surface area contributed by atoms with Gasteiger partial charge in [0.05, 0.1) is 25.1 Å². The third kappa shape index (κ3) is 2.73. The maximum Gasteiger partial charge on any atom is 0.290 e. The van der Waals surface area contributed by atoms with Crippen LogP contribution in [0.4, 0.5) is 0 Å². The highest BCUT2D eigenvalue weighted by Gasteiger charge is 2.30. The van der Waals surface area contributed by atoms with Crippen molar-refractivity contribution >= 4 is 5.91 Å². The van der Waals surface area contributed by atoms with Crippen molar-refractivity contribution in [3.8, 4) is 0 Å². The van der Waals surface area contributed by atoms with Gasteiger partial charge in [0.15, 0.2) is 5.76 Å². The molecule has 0 N–H and O–H groups in total. The predicted molar refractivity (Wildman–Crippen MR) is 65.6 cm³/mol. The monoisotopic (exact) mass is 253 g/mol. The molecule has 1 amide bonds. The number of nitrogens with zero attached hydrogens (tertiary/aromatic N) is 1. The molecule has 0 aromatic carbocycles. The predicted octanol–water partition coefficient (Wildman–Crippen LogP) is 1.46. The van der Waals surface area contributed by atoms with Crippen molar-refractivity contribution in [1.82, 2.24) is 4.90 Å². The standard InChI is InChI=1S/C13H19NO4/c1-9-4-5-17-12(9)13(15)14-6-10(2)18-11(7-14)8-16-3/h4-5,10-11H,6-8H2,1-3H3/t10-,11+/m0/s1. The van der Waals surface area contributed by atoms with Crippen molar-refractivity contribution in [2.24, 2.45) is 0 Å². The minimum absolute atomic E-state index is 0.0121. The van der Waals surface area contributed by atoms with E-state index in [2.05, 4.69) is 0 Å². The van der Waals surface area contributed by atoms with Crippen LogP contribution in [-0.2, 0) is 9.47 Å². The van der Waals surface area contributed by atoms with Gasteiger partial charge in [0.25, 0.3) is 5.91 Å². The van der Waals surface area contributed by atoms with Crippen molar-refractivity contribution < 1.29 is 18.7 Å². The Morgan fingerprint density at radius 3 is 2.94 bits per heavy atom. The van der Waals surface area contributed by atoms with Crippen LogP contribution in [-0.4, -0.2) is 49.8 Å². The summed E-state index contributed by atoms with van der Waals surface area (Å²) in [6, 6.07) is 1.80. The molecule has 2 atom stereocenters. The van der Waals surface area contributed by atoms with E-state index in [1.807, 2.05) is 13.8 Å². The van der Waals surface area contributed by atoms with Gasteiger partial charge in [-0.15, -0.1) is 0 Å². The highest BCUT2D eigenvalue weighted by molar-refractivity contribution is 5.92. The highest BCUT2D eigenvalue weighted by atomic mass is 16.5. The zero-order valence-electron chi connectivity index (χ0n) is 11.0. The fourth-order valence-electron chi connectivity index (χ4n) is 2.22. The molecule has 1 aliphatic heterocycles. The van der Waals surface area contributed by atoms with Gasteiger partial charge in [-0.25, -0.2) is 0 Å². The van der Waals surface area contributed by atoms with E-state index in [-0.39, 0.29) is 18.1 Å². The third-order valence-electron chi connectivity index (χ3n) is 3.02. The largest absolute Gasteiger partial charge is 0.459 e. The number of carbonyl (C=O) groups is 1. The van der Waals surface area contributed by atoms with Gasteiger partial charge in [-0.2, -0.15) is 0 Å². The number of furan rings is 1. The van der Waals surface area contributed by atoms with Crippen LogP contribution in [0.2, 0.25) is 0 Å². The Kier molecular flexibility index (Phi) is 4.04. The lowest BCUT2D eigenvalue weighted by Crippen LogP contribution is -2.50. The summed E-state index contributed by atoms with van der Waals surface area (Å²) in [4.78, 5) is 14.1. The first-order valence-electron chi connectivity index (χ1n) is 6.09. The zero-order chi connectivity index (χ0) is 13.1. The van der Waals surface area contributed by atoms with E-state index in [4.69, 9.17) is 13.9 Å². The Morgan fingerprint density at radius 2 is 2.33 bits per heavy atom. The van der Waals surface area contributed by atoms with E-state index in [1.165, 1.54) is 0 Å². The summed E-state index contributed by atoms with van der Waals surface area (Å²) >= 11 is 0. The SMILES string of the molecule is COC[C@H]1CN(C(=O)c2occc2C)C[C@H](C)O1. The lowest BCUT2D eigenvalue weighted by Gasteiger charge is -2.36. The Hall–Kier alpha value is -1.33. The molecule has 1 aliphatic rings. The van der Waals surface area contributed by atoms with Crippen molar-refractivity contribution in [2.45, 2.75) is 26.1 Å². The van der Waals surface area contributed by atoms with Crippen molar-refractivity contribution in [3.63, 3.8) is 0 Å². The fourth-order valence-corrected chi connectivity index (χ4v) is 2.22. The Morgan fingerprint density at radius 1 is 1.56 bits per heavy atom. The Bertz CT molecular complexity index is 415. The van der Waals surface area contributed by atoms with Crippen LogP contribution >= 0.6 is 0 Å². The lowest BCUT2D eigenvalue weighted by molar-refractivity contribution is -0.0922. The number of hydrogen-bond acceptors (Lipinski definition) is 4. The second-order valence-electron chi connectivity index (χ2n) is 4.67. The second kappa shape index (κ2) is 5.54. The van der Waals surface area contributed by atoms with Gasteiger partial charge < -0.3 is 18.8 Å². The summed E-state index contributed by atoms with van der Waals surface area (Å²) < 4.78 is 16.0. The Labute approximate surface area is 107 Å². The summed E-state index contributed by atoms with van der Waals surface area (Å²) in [5, 5.41) is 0. The van der Waals surface area contributed by atoms with Crippen LogP contribution in [0.25, 0.3) is 0 Å². The average Bonchev–Trinajstić information content (AvgIpc) is 2.74. The minimum atomic E-state index is -0.0752. The van der Waals surface area contributed by atoms with Crippen molar-refractivity contribution in [2.75, 3.05) is 26.8 Å². The van der Waals surface area contributed by atoms with Gasteiger partial charge >= 0.3 is 0 Å². The van der Waals surface area contributed by atoms with Crippen LogP contribution in [0.1, 0.15) is 23.0 Å². The normalized spacial score (nSPS) is 24.3. The van der Waals surface area contributed by atoms with E-state index < -0.39 is 0 Å². The topological polar surface area (TPSA) is 51.9 Å². The van der Waals surface area contributed by atoms with E-state index in [0.29, 0.717) is 25.5 Å². The summed E-state index contributed by atoms with van der Waals surface area (Å²) in [7, 11) is 1.63. The summed E-state index contributed by atoms with van der Waals surface area (Å²) in [6.07, 6.45) is 1.48. The quantitative estimate of drug-likeness (QED) is 0.818. The summed E-state index contributed by atoms with van der Waals surface area (Å²) in [6.45, 7) is 5.44. The number of morpholine rings is 1. The first-order chi connectivity index (χ1) is 8.61. The van der Waals surface area contributed by atoms with Gasteiger partial charge in [0.2, 0.25) is 0 Å². The van der Waals surface area contributed by atoms with Crippen LogP contribution in [0, 0.1) is 6.92 Å². The number of amides is 1. The molecule has 0 unspecified atom stereocenters. The van der Waals surface area contributed by atoms with Crippen LogP contribution in [0.15, 0.2) is 16.7 Å². The summed E-state index contributed by atoms with van der Waals surface area (Å²) in [5.41, 5.74) is 0.863. The molecule has 1 saturated heterocycles. The maximum atomic E-state index is 12.3. The van der Waals surface area contributed by atoms with Crippen molar-refractivity contribution in [3.05, 3.63) is 23.7 Å². The van der Waals surface area contributed by atoms with E-state index in [0.717, 1.165) is 5.56 Å². The molecule has 5 heteroatoms. The minimum Gasteiger partial charge on any atom is -0.459 e. The first-order valence-corrected chi connectivity index (χ1v) is 6.09. The van der Waals surface area contributed by atoms with Gasteiger partial charge in [0, 0.05) is 25.8 Å². The van der Waals surface area contributed by atoms with Gasteiger partial charge in [-0.1, -0.05) is 0 Å². The number of carbonyl (C=O) groups excluding carboxylic acids is 1. The molecule has 1 aromatic heterocycles. The second-order valence-corrected chi connectivity index (χ2v) is 4.67. The lowest BCUT2D eigenvalue weighted by atomic mass is 10.2. The molecular formula is C13H19NO4. The molecule has 1 fully saturated rings. The molecule has 2 rings (SSSR count). The third-order valence-corrected chi connectivity index (χ3v) is 3.02. The molecular weight excluding hydrogens is 234 g/mol. The molecule has 0 saturated carbocycles. The molecule has 0 spiro atoms. The molecule has 100 valence electrons. The smallest absolute Gasteiger partial charge is 0.290 e. The summed E-state index contributed by atoms with van der Waals surface area (Å²) in [5.74, 6) is 0.342. The van der Waals surface area contributed by atoms with Crippen LogP contribution in [0.3, 0.4) is 0 Å². The molecule has 1 aromatic rings. The number of methoxy groups -OCH3 is 1. The molecule has 0 radical (unpaired) electrons. The van der Waals surface area contributed by atoms with Gasteiger partial charge in [0.1, 0.15) is 0 Å². The highest BCUT2D eigenvalue weighted by Crippen LogP contribution is 2.17. The van der Waals surface area contributed by atoms with Crippen LogP contribution in [0.5, 0.6) is 0 Å². The van der Waals surface area contributed by atoms with E-state index in [9.17, 15) is 4.79 Å². The number of ether oxygens (including phenoxy) is 2. The number of rotatable bonds is 3. The van der Waals surface area contributed by atoms with E-state index in [1.54, 1.807) is 24.3 Å². The number of hydrogen-bond donors (Lipinski definition) is 0. The molecule has 5 nitrogen and oxygen atoms in total. The van der Waals surface area contributed by atoms with Crippen LogP contribution < -0.4 is 0 Å². The first kappa shape index (κ1) is 13.1. The molecule has 0 bridgehead atoms. The average molecular weight is 253 g/mol. The Balaban J connectivity index is 2.08. The zero-order valence-corrected chi connectivity index (χ0v) is 11.0. The molecule has 2 heterocycles. The van der Waals surface area contributed by atoms with Gasteiger partial charge in [-0.05, 0) is 19.9 Å². The van der Waals surface area contributed by atoms with Crippen molar-refractivity contribution in [1.29, 1.82) is 0 Å². The van der Waals surface area contributed by atoms with Gasteiger partial charge in [-0.3, -0.25) is 4.79 Å². The number of aryl methyl sites for hydroxylation is 1. The maximum absolute atomic E-state index is 12.3. The fraction of sp³-hybridized carbons (Fsp3) is 0.615. The van der Waals surface area contributed by atoms with E-state index >= 15 is 0 Å².